The normalized spacial score (nSPS) is 21.9. The summed E-state index contributed by atoms with van der Waals surface area (Å²) in [5.74, 6) is 3.98. The van der Waals surface area contributed by atoms with Crippen LogP contribution >= 0.6 is 0 Å². The summed E-state index contributed by atoms with van der Waals surface area (Å²) in [7, 11) is 1.70. The molecule has 0 radical (unpaired) electrons. The summed E-state index contributed by atoms with van der Waals surface area (Å²) in [4.78, 5) is 9.41. The van der Waals surface area contributed by atoms with Crippen LogP contribution in [0.2, 0.25) is 0 Å². The highest BCUT2D eigenvalue weighted by atomic mass is 16.5. The highest BCUT2D eigenvalue weighted by Crippen LogP contribution is 2.44. The first-order chi connectivity index (χ1) is 22.9. The molecule has 5 rings (SSSR count). The van der Waals surface area contributed by atoms with Gasteiger partial charge in [0.25, 0.3) is 0 Å². The first-order valence-electron chi connectivity index (χ1n) is 18.7. The predicted octanol–water partition coefficient (Wildman–Crippen LogP) is 10.8. The monoisotopic (exact) mass is 638 g/mol. The van der Waals surface area contributed by atoms with E-state index in [-0.39, 0.29) is 12.5 Å². The molecule has 3 heteroatoms. The Bertz CT molecular complexity index is 1340. The largest absolute Gasteiger partial charge is 0.396 e. The van der Waals surface area contributed by atoms with E-state index in [0.717, 1.165) is 49.2 Å². The van der Waals surface area contributed by atoms with Crippen LogP contribution in [-0.4, -0.2) is 31.7 Å². The molecule has 1 atom stereocenters. The lowest BCUT2D eigenvalue weighted by molar-refractivity contribution is -0.104. The highest BCUT2D eigenvalue weighted by molar-refractivity contribution is 5.83. The molecule has 3 aromatic carbocycles. The number of carbonyl (C=O) groups is 1. The Balaban J connectivity index is 0.000000930. The molecule has 3 nitrogen and oxygen atoms in total. The maximum Gasteiger partial charge on any atom is 0.145 e. The second-order valence-electron chi connectivity index (χ2n) is 14.8. The maximum atomic E-state index is 9.61. The van der Waals surface area contributed by atoms with E-state index in [1.54, 1.807) is 19.6 Å². The zero-order valence-electron chi connectivity index (χ0n) is 29.7. The van der Waals surface area contributed by atoms with Crippen molar-refractivity contribution in [2.24, 2.45) is 23.7 Å². The van der Waals surface area contributed by atoms with E-state index in [2.05, 4.69) is 74.2 Å². The first kappa shape index (κ1) is 37.1. The molecule has 1 N–H and O–H groups in total. The Labute approximate surface area is 286 Å². The van der Waals surface area contributed by atoms with Gasteiger partial charge in [-0.2, -0.15) is 0 Å². The summed E-state index contributed by atoms with van der Waals surface area (Å²) < 4.78 is 5.25. The van der Waals surface area contributed by atoms with Crippen LogP contribution in [0.1, 0.15) is 119 Å². The Hall–Kier alpha value is -2.75. The third-order valence-electron chi connectivity index (χ3n) is 11.1. The summed E-state index contributed by atoms with van der Waals surface area (Å²) in [5.41, 5.74) is 6.27. The minimum atomic E-state index is 0.155. The van der Waals surface area contributed by atoms with Gasteiger partial charge in [-0.25, -0.2) is 0 Å². The van der Waals surface area contributed by atoms with Crippen molar-refractivity contribution < 1.29 is 14.6 Å². The Morgan fingerprint density at radius 3 is 1.96 bits per heavy atom. The molecule has 0 amide bonds. The van der Waals surface area contributed by atoms with Crippen LogP contribution in [0.15, 0.2) is 72.8 Å². The summed E-state index contributed by atoms with van der Waals surface area (Å²) in [5, 5.41) is 12.2. The average molecular weight is 639 g/mol. The topological polar surface area (TPSA) is 46.5 Å². The number of methoxy groups -OCH3 is 1. The van der Waals surface area contributed by atoms with Crippen molar-refractivity contribution >= 4 is 17.1 Å². The van der Waals surface area contributed by atoms with Gasteiger partial charge in [0, 0.05) is 19.6 Å². The van der Waals surface area contributed by atoms with Gasteiger partial charge in [0.15, 0.2) is 0 Å². The maximum absolute atomic E-state index is 9.61. The Morgan fingerprint density at radius 1 is 0.830 bits per heavy atom. The number of carbonyl (C=O) groups excluding carboxylic acids is 1. The van der Waals surface area contributed by atoms with Gasteiger partial charge in [-0.05, 0) is 127 Å². The van der Waals surface area contributed by atoms with Gasteiger partial charge in [0.05, 0.1) is 6.61 Å². The van der Waals surface area contributed by atoms with Gasteiger partial charge in [-0.1, -0.05) is 113 Å². The quantitative estimate of drug-likeness (QED) is 0.102. The molecule has 0 bridgehead atoms. The zero-order valence-corrected chi connectivity index (χ0v) is 29.7. The van der Waals surface area contributed by atoms with Crippen molar-refractivity contribution in [2.75, 3.05) is 20.3 Å². The molecule has 2 fully saturated rings. The Morgan fingerprint density at radius 2 is 1.38 bits per heavy atom. The fraction of sp³-hybridized carbons (Fsp3) is 0.568. The van der Waals surface area contributed by atoms with E-state index in [9.17, 15) is 9.90 Å². The number of aliphatic hydroxyl groups is 1. The van der Waals surface area contributed by atoms with Crippen LogP contribution in [0.3, 0.4) is 0 Å². The Kier molecular flexibility index (Phi) is 15.7. The van der Waals surface area contributed by atoms with Crippen molar-refractivity contribution in [3.8, 4) is 0 Å². The van der Waals surface area contributed by atoms with Crippen LogP contribution in [0.25, 0.3) is 10.8 Å². The van der Waals surface area contributed by atoms with E-state index in [0.29, 0.717) is 12.2 Å². The molecule has 0 aromatic heterocycles. The smallest absolute Gasteiger partial charge is 0.145 e. The number of aliphatic hydroxyl groups excluding tert-OH is 1. The van der Waals surface area contributed by atoms with Gasteiger partial charge < -0.3 is 9.84 Å². The molecular weight excluding hydrogens is 576 g/mol. The molecule has 0 spiro atoms. The lowest BCUT2D eigenvalue weighted by Crippen LogP contribution is -2.25. The predicted molar refractivity (Wildman–Crippen MR) is 199 cm³/mol. The number of rotatable bonds is 15. The SMILES string of the molecule is C=C(C)C=O.CCCCCC1CCC(C2CCC(c3ccc(CCc4ccc5cc(CC(CO)COC)ccc5c4)cc3)CC2)CC1. The van der Waals surface area contributed by atoms with Crippen LogP contribution < -0.4 is 0 Å². The number of ether oxygens (including phenoxy) is 1. The molecular formula is C44H62O3. The molecule has 0 saturated heterocycles. The van der Waals surface area contributed by atoms with Crippen LogP contribution in [0.5, 0.6) is 0 Å². The van der Waals surface area contributed by atoms with Crippen LogP contribution in [0.4, 0.5) is 0 Å². The number of fused-ring (bicyclic) bond motifs is 1. The number of benzene rings is 3. The number of aryl methyl sites for hydroxylation is 2. The van der Waals surface area contributed by atoms with Crippen molar-refractivity contribution in [1.29, 1.82) is 0 Å². The molecule has 256 valence electrons. The van der Waals surface area contributed by atoms with E-state index in [4.69, 9.17) is 4.74 Å². The molecule has 2 saturated carbocycles. The summed E-state index contributed by atoms with van der Waals surface area (Å²) >= 11 is 0. The molecule has 3 aromatic rings. The molecule has 1 unspecified atom stereocenters. The number of hydrogen-bond acceptors (Lipinski definition) is 3. The van der Waals surface area contributed by atoms with Gasteiger partial charge in [-0.15, -0.1) is 0 Å². The van der Waals surface area contributed by atoms with Gasteiger partial charge in [0.2, 0.25) is 0 Å². The molecule has 2 aliphatic carbocycles. The van der Waals surface area contributed by atoms with Crippen molar-refractivity contribution in [2.45, 2.75) is 116 Å². The zero-order chi connectivity index (χ0) is 33.4. The summed E-state index contributed by atoms with van der Waals surface area (Å²) in [6, 6.07) is 23.3. The van der Waals surface area contributed by atoms with E-state index >= 15 is 0 Å². The summed E-state index contributed by atoms with van der Waals surface area (Å²) in [6.45, 7) is 8.04. The van der Waals surface area contributed by atoms with Gasteiger partial charge in [-0.3, -0.25) is 4.79 Å². The first-order valence-corrected chi connectivity index (χ1v) is 18.7. The van der Waals surface area contributed by atoms with Crippen molar-refractivity contribution in [3.05, 3.63) is 95.1 Å². The van der Waals surface area contributed by atoms with Gasteiger partial charge in [0.1, 0.15) is 6.29 Å². The molecule has 0 heterocycles. The average Bonchev–Trinajstić information content (AvgIpc) is 3.11. The molecule has 0 aliphatic heterocycles. The van der Waals surface area contributed by atoms with Gasteiger partial charge >= 0.3 is 0 Å². The second-order valence-corrected chi connectivity index (χ2v) is 14.8. The number of aldehydes is 1. The lowest BCUT2D eigenvalue weighted by atomic mass is 9.68. The summed E-state index contributed by atoms with van der Waals surface area (Å²) in [6.07, 6.45) is 21.2. The fourth-order valence-corrected chi connectivity index (χ4v) is 8.17. The fourth-order valence-electron chi connectivity index (χ4n) is 8.17. The molecule has 47 heavy (non-hydrogen) atoms. The van der Waals surface area contributed by atoms with Crippen LogP contribution in [0, 0.1) is 23.7 Å². The minimum absolute atomic E-state index is 0.155. The number of allylic oxidation sites excluding steroid dienone is 1. The van der Waals surface area contributed by atoms with Crippen LogP contribution in [-0.2, 0) is 28.8 Å². The van der Waals surface area contributed by atoms with Crippen molar-refractivity contribution in [3.63, 3.8) is 0 Å². The lowest BCUT2D eigenvalue weighted by Gasteiger charge is -2.38. The van der Waals surface area contributed by atoms with E-state index in [1.807, 2.05) is 0 Å². The second kappa shape index (κ2) is 19.9. The van der Waals surface area contributed by atoms with Crippen molar-refractivity contribution in [1.82, 2.24) is 0 Å². The number of hydrogen-bond donors (Lipinski definition) is 1. The van der Waals surface area contributed by atoms with E-state index in [1.165, 1.54) is 105 Å². The third-order valence-corrected chi connectivity index (χ3v) is 11.1. The number of unbranched alkanes of at least 4 members (excludes halogenated alkanes) is 2. The molecule has 2 aliphatic rings. The standard InChI is InChI=1S/C40H56O2.C4H6O/c1-3-4-5-6-30-9-15-35(16-10-30)37-21-23-38(24-22-37)36-17-11-31(12-18-36)7-8-32-13-19-40-27-33(14-20-39(40)26-32)25-34(28-41)29-42-2;1-4(2)3-5/h11-14,17-20,26-27,30,34-35,37-38,41H,3-10,15-16,21-25,28-29H2,1-2H3;3H,1H2,2H3. The minimum Gasteiger partial charge on any atom is -0.396 e. The van der Waals surface area contributed by atoms with E-state index < -0.39 is 0 Å². The third kappa shape index (κ3) is 12.0. The highest BCUT2D eigenvalue weighted by Gasteiger charge is 2.31.